The van der Waals surface area contributed by atoms with Crippen molar-refractivity contribution in [2.45, 2.75) is 25.8 Å². The normalized spacial score (nSPS) is 18.9. The topological polar surface area (TPSA) is 66.1 Å². The molecule has 0 spiro atoms. The van der Waals surface area contributed by atoms with Gasteiger partial charge in [-0.1, -0.05) is 12.1 Å². The van der Waals surface area contributed by atoms with Gasteiger partial charge in [0.2, 0.25) is 0 Å². The van der Waals surface area contributed by atoms with Crippen LogP contribution in [0.4, 0.5) is 5.69 Å². The van der Waals surface area contributed by atoms with E-state index in [0.717, 1.165) is 58.8 Å². The van der Waals surface area contributed by atoms with Crippen LogP contribution in [0, 0.1) is 0 Å². The maximum atomic E-state index is 6.00. The Bertz CT molecular complexity index is 583. The second-order valence-corrected chi connectivity index (χ2v) is 6.92. The van der Waals surface area contributed by atoms with Crippen LogP contribution in [0.2, 0.25) is 0 Å². The van der Waals surface area contributed by atoms with Crippen molar-refractivity contribution in [2.75, 3.05) is 57.9 Å². The molecule has 1 aromatic carbocycles. The maximum absolute atomic E-state index is 6.00. The molecule has 1 fully saturated rings. The highest BCUT2D eigenvalue weighted by molar-refractivity contribution is 5.77. The number of anilines is 1. The van der Waals surface area contributed by atoms with Gasteiger partial charge in [-0.15, -0.1) is 0 Å². The molecule has 2 aliphatic rings. The summed E-state index contributed by atoms with van der Waals surface area (Å²) < 4.78 is 5.36. The molecule has 25 heavy (non-hydrogen) atoms. The monoisotopic (exact) mass is 345 g/mol. The van der Waals surface area contributed by atoms with E-state index in [1.807, 2.05) is 0 Å². The number of aryl methyl sites for hydroxylation is 1. The van der Waals surface area contributed by atoms with Gasteiger partial charge in [0.05, 0.1) is 19.8 Å². The fraction of sp³-hybridized carbons (Fsp3) is 0.632. The number of nitrogens with zero attached hydrogens (tertiary/aromatic N) is 3. The third-order valence-corrected chi connectivity index (χ3v) is 4.99. The van der Waals surface area contributed by atoms with Crippen molar-refractivity contribution in [1.29, 1.82) is 0 Å². The van der Waals surface area contributed by atoms with Crippen LogP contribution in [0.3, 0.4) is 0 Å². The molecule has 1 aromatic rings. The van der Waals surface area contributed by atoms with Crippen LogP contribution in [0.25, 0.3) is 0 Å². The lowest BCUT2D eigenvalue weighted by molar-refractivity contribution is 0.0376. The van der Waals surface area contributed by atoms with Crippen LogP contribution in [0.5, 0.6) is 0 Å². The van der Waals surface area contributed by atoms with Gasteiger partial charge >= 0.3 is 0 Å². The largest absolute Gasteiger partial charge is 0.379 e. The smallest absolute Gasteiger partial charge is 0.188 e. The average Bonchev–Trinajstić information content (AvgIpc) is 2.64. The molecule has 0 bridgehead atoms. The minimum Gasteiger partial charge on any atom is -0.379 e. The van der Waals surface area contributed by atoms with Crippen molar-refractivity contribution in [2.24, 2.45) is 10.7 Å². The summed E-state index contributed by atoms with van der Waals surface area (Å²) in [5, 5.41) is 3.22. The van der Waals surface area contributed by atoms with Gasteiger partial charge in [-0.25, -0.2) is 4.99 Å². The van der Waals surface area contributed by atoms with Crippen molar-refractivity contribution in [3.63, 3.8) is 0 Å². The summed E-state index contributed by atoms with van der Waals surface area (Å²) in [4.78, 5) is 9.25. The number of nitrogens with two attached hydrogens (primary N) is 1. The lowest BCUT2D eigenvalue weighted by Crippen LogP contribution is -2.39. The Balaban J connectivity index is 1.40. The summed E-state index contributed by atoms with van der Waals surface area (Å²) in [6.45, 7) is 7.52. The number of nitrogens with one attached hydrogen (secondary N) is 1. The molecule has 6 nitrogen and oxygen atoms in total. The van der Waals surface area contributed by atoms with Crippen molar-refractivity contribution < 1.29 is 4.74 Å². The van der Waals surface area contributed by atoms with E-state index in [1.54, 1.807) is 0 Å². The van der Waals surface area contributed by atoms with Gasteiger partial charge in [-0.2, -0.15) is 0 Å². The van der Waals surface area contributed by atoms with Crippen LogP contribution in [0.15, 0.2) is 23.2 Å². The molecule has 0 amide bonds. The van der Waals surface area contributed by atoms with E-state index >= 15 is 0 Å². The zero-order valence-corrected chi connectivity index (χ0v) is 15.3. The van der Waals surface area contributed by atoms with Gasteiger partial charge in [-0.05, 0) is 43.0 Å². The number of aliphatic imine (C=N–C) groups is 1. The standard InChI is InChI=1S/C19H31N5O/c1-23-8-2-4-17-14-16(5-6-18(17)23)15-22-19(20)21-7-3-9-24-10-12-25-13-11-24/h5-6,14H,2-4,7-13,15H2,1H3,(H3,20,21,22). The Kier molecular flexibility index (Phi) is 6.53. The number of rotatable bonds is 6. The van der Waals surface area contributed by atoms with E-state index in [2.05, 4.69) is 45.4 Å². The fourth-order valence-corrected chi connectivity index (χ4v) is 3.51. The minimum atomic E-state index is 0.539. The predicted octanol–water partition coefficient (Wildman–Crippen LogP) is 1.20. The quantitative estimate of drug-likeness (QED) is 0.461. The predicted molar refractivity (Wildman–Crippen MR) is 103 cm³/mol. The van der Waals surface area contributed by atoms with Gasteiger partial charge < -0.3 is 20.7 Å². The Morgan fingerprint density at radius 3 is 2.96 bits per heavy atom. The van der Waals surface area contributed by atoms with Gasteiger partial charge in [-0.3, -0.25) is 4.90 Å². The van der Waals surface area contributed by atoms with Crippen LogP contribution >= 0.6 is 0 Å². The second-order valence-electron chi connectivity index (χ2n) is 6.92. The van der Waals surface area contributed by atoms with Gasteiger partial charge in [0.15, 0.2) is 5.96 Å². The molecule has 3 N–H and O–H groups in total. The second kappa shape index (κ2) is 9.06. The maximum Gasteiger partial charge on any atom is 0.188 e. The number of guanidine groups is 1. The van der Waals surface area contributed by atoms with Gasteiger partial charge in [0.1, 0.15) is 0 Å². The first kappa shape index (κ1) is 18.0. The van der Waals surface area contributed by atoms with Crippen LogP contribution < -0.4 is 16.0 Å². The van der Waals surface area contributed by atoms with E-state index in [4.69, 9.17) is 10.5 Å². The van der Waals surface area contributed by atoms with Crippen molar-refractivity contribution in [1.82, 2.24) is 10.2 Å². The molecule has 0 saturated carbocycles. The van der Waals surface area contributed by atoms with Crippen LogP contribution in [-0.2, 0) is 17.7 Å². The third-order valence-electron chi connectivity index (χ3n) is 4.99. The number of ether oxygens (including phenoxy) is 1. The lowest BCUT2D eigenvalue weighted by atomic mass is 10.00. The van der Waals surface area contributed by atoms with E-state index in [-0.39, 0.29) is 0 Å². The highest BCUT2D eigenvalue weighted by Crippen LogP contribution is 2.26. The molecule has 0 atom stereocenters. The molecule has 1 saturated heterocycles. The summed E-state index contributed by atoms with van der Waals surface area (Å²) in [5.41, 5.74) is 10.0. The molecule has 2 heterocycles. The zero-order valence-electron chi connectivity index (χ0n) is 15.3. The van der Waals surface area contributed by atoms with E-state index < -0.39 is 0 Å². The first-order chi connectivity index (χ1) is 12.2. The summed E-state index contributed by atoms with van der Waals surface area (Å²) in [6.07, 6.45) is 3.46. The summed E-state index contributed by atoms with van der Waals surface area (Å²) >= 11 is 0. The highest BCUT2D eigenvalue weighted by atomic mass is 16.5. The van der Waals surface area contributed by atoms with Crippen LogP contribution in [0.1, 0.15) is 24.0 Å². The molecular formula is C19H31N5O. The first-order valence-corrected chi connectivity index (χ1v) is 9.39. The van der Waals surface area contributed by atoms with Crippen molar-refractivity contribution >= 4 is 11.6 Å². The van der Waals surface area contributed by atoms with Gasteiger partial charge in [0, 0.05) is 38.9 Å². The fourth-order valence-electron chi connectivity index (χ4n) is 3.51. The average molecular weight is 345 g/mol. The van der Waals surface area contributed by atoms with Gasteiger partial charge in [0.25, 0.3) is 0 Å². The van der Waals surface area contributed by atoms with Crippen LogP contribution in [-0.4, -0.2) is 63.8 Å². The minimum absolute atomic E-state index is 0.539. The Morgan fingerprint density at radius 2 is 2.12 bits per heavy atom. The molecule has 0 aromatic heterocycles. The molecule has 138 valence electrons. The highest BCUT2D eigenvalue weighted by Gasteiger charge is 2.13. The number of fused-ring (bicyclic) bond motifs is 1. The zero-order chi connectivity index (χ0) is 17.5. The van der Waals surface area contributed by atoms with Crippen molar-refractivity contribution in [3.05, 3.63) is 29.3 Å². The van der Waals surface area contributed by atoms with Crippen molar-refractivity contribution in [3.8, 4) is 0 Å². The Morgan fingerprint density at radius 1 is 1.28 bits per heavy atom. The summed E-state index contributed by atoms with van der Waals surface area (Å²) in [7, 11) is 2.16. The number of hydrogen-bond donors (Lipinski definition) is 2. The molecule has 2 aliphatic heterocycles. The SMILES string of the molecule is CN1CCCc2cc(CN=C(N)NCCCN3CCOCC3)ccc21. The van der Waals surface area contributed by atoms with E-state index in [1.165, 1.54) is 23.2 Å². The molecule has 0 unspecified atom stereocenters. The molecule has 6 heteroatoms. The molecule has 0 radical (unpaired) electrons. The van der Waals surface area contributed by atoms with E-state index in [0.29, 0.717) is 12.5 Å². The number of benzene rings is 1. The molecule has 0 aliphatic carbocycles. The Labute approximate surface area is 151 Å². The first-order valence-electron chi connectivity index (χ1n) is 9.39. The molecule has 3 rings (SSSR count). The summed E-state index contributed by atoms with van der Waals surface area (Å²) in [5.74, 6) is 0.539. The number of morpholine rings is 1. The summed E-state index contributed by atoms with van der Waals surface area (Å²) in [6, 6.07) is 6.65. The Hall–Kier alpha value is -1.79. The van der Waals surface area contributed by atoms with E-state index in [9.17, 15) is 0 Å². The third kappa shape index (κ3) is 5.34. The lowest BCUT2D eigenvalue weighted by Gasteiger charge is -2.27. The number of hydrogen-bond acceptors (Lipinski definition) is 4. The molecular weight excluding hydrogens is 314 g/mol.